The minimum absolute atomic E-state index is 0.0283. The maximum Gasteiger partial charge on any atom is 0.254 e. The van der Waals surface area contributed by atoms with Crippen molar-refractivity contribution in [1.29, 1.82) is 0 Å². The van der Waals surface area contributed by atoms with Gasteiger partial charge in [-0.25, -0.2) is 17.9 Å². The van der Waals surface area contributed by atoms with Gasteiger partial charge in [0.25, 0.3) is 5.91 Å². The van der Waals surface area contributed by atoms with E-state index in [4.69, 9.17) is 9.47 Å². The Hall–Kier alpha value is -2.49. The van der Waals surface area contributed by atoms with Gasteiger partial charge >= 0.3 is 0 Å². The summed E-state index contributed by atoms with van der Waals surface area (Å²) in [6.45, 7) is 0.826. The molecule has 14 heteroatoms. The molecule has 5 rings (SSSR count). The normalized spacial score (nSPS) is 25.0. The zero-order valence-electron chi connectivity index (χ0n) is 20.5. The number of likely N-dealkylation sites (tertiary alicyclic amines) is 1. The van der Waals surface area contributed by atoms with E-state index in [2.05, 4.69) is 26.2 Å². The molecule has 1 aromatic heterocycles. The summed E-state index contributed by atoms with van der Waals surface area (Å²) in [4.78, 5) is 15.4. The van der Waals surface area contributed by atoms with Gasteiger partial charge in [-0.3, -0.25) is 4.79 Å². The molecule has 0 unspecified atom stereocenters. The molecule has 0 saturated carbocycles. The number of nitrogens with zero attached hydrogens (tertiary/aromatic N) is 4. The Morgan fingerprint density at radius 3 is 2.56 bits per heavy atom. The molecule has 0 spiro atoms. The summed E-state index contributed by atoms with van der Waals surface area (Å²) < 4.78 is 54.8. The van der Waals surface area contributed by atoms with Gasteiger partial charge in [-0.05, 0) is 36.8 Å². The van der Waals surface area contributed by atoms with E-state index in [9.17, 15) is 28.2 Å². The highest BCUT2D eigenvalue weighted by molar-refractivity contribution is 9.10. The fourth-order valence-electron chi connectivity index (χ4n) is 4.55. The molecule has 3 aromatic rings. The lowest BCUT2D eigenvalue weighted by Gasteiger charge is -2.43. The minimum Gasteiger partial charge on any atom is -0.394 e. The molecule has 2 aliphatic rings. The number of rotatable bonds is 7. The summed E-state index contributed by atoms with van der Waals surface area (Å²) in [6.07, 6.45) is -0.940. The topological polar surface area (TPSA) is 110 Å². The molecule has 5 atom stereocenters. The summed E-state index contributed by atoms with van der Waals surface area (Å²) in [7, 11) is 1.41. The lowest BCUT2D eigenvalue weighted by atomic mass is 9.97. The van der Waals surface area contributed by atoms with Crippen molar-refractivity contribution in [2.75, 3.05) is 26.8 Å². The van der Waals surface area contributed by atoms with Gasteiger partial charge < -0.3 is 24.6 Å². The Bertz CT molecular complexity index is 1350. The van der Waals surface area contributed by atoms with Crippen LogP contribution in [0, 0.1) is 17.5 Å². The molecule has 2 aliphatic heterocycles. The molecule has 3 heterocycles. The van der Waals surface area contributed by atoms with Crippen molar-refractivity contribution in [1.82, 2.24) is 19.9 Å². The van der Waals surface area contributed by atoms with Crippen molar-refractivity contribution in [3.8, 4) is 11.3 Å². The van der Waals surface area contributed by atoms with E-state index in [0.29, 0.717) is 23.5 Å². The van der Waals surface area contributed by atoms with Crippen LogP contribution in [0.25, 0.3) is 11.3 Å². The van der Waals surface area contributed by atoms with E-state index >= 15 is 0 Å². The SMILES string of the molecule is CO[C@@H]1[C@@H](n2cc(-c3cc(F)c(F)c(F)c3)nn2)[C@@H](O)[C@@H](CO)O[C@@H]1Sc1cc(Br)ccc1C(=O)N1CCC1. The second-order valence-electron chi connectivity index (χ2n) is 9.15. The molecule has 0 aliphatic carbocycles. The van der Waals surface area contributed by atoms with Crippen LogP contribution in [0.2, 0.25) is 0 Å². The zero-order valence-corrected chi connectivity index (χ0v) is 22.9. The summed E-state index contributed by atoms with van der Waals surface area (Å²) in [5.41, 5.74) is -0.360. The lowest BCUT2D eigenvalue weighted by Crippen LogP contribution is -2.55. The van der Waals surface area contributed by atoms with E-state index in [1.807, 2.05) is 0 Å². The molecule has 2 N–H and O–H groups in total. The zero-order chi connectivity index (χ0) is 27.8. The van der Waals surface area contributed by atoms with Gasteiger partial charge in [0.15, 0.2) is 17.5 Å². The van der Waals surface area contributed by atoms with Gasteiger partial charge in [-0.15, -0.1) is 5.10 Å². The number of halogens is 4. The molecular weight excluding hydrogens is 605 g/mol. The van der Waals surface area contributed by atoms with Crippen LogP contribution in [0.1, 0.15) is 22.8 Å². The Morgan fingerprint density at radius 1 is 1.23 bits per heavy atom. The molecule has 39 heavy (non-hydrogen) atoms. The molecule has 0 radical (unpaired) electrons. The molecule has 2 aromatic carbocycles. The van der Waals surface area contributed by atoms with Crippen LogP contribution in [0.15, 0.2) is 45.9 Å². The van der Waals surface area contributed by atoms with Crippen molar-refractivity contribution in [3.63, 3.8) is 0 Å². The maximum atomic E-state index is 13.8. The van der Waals surface area contributed by atoms with Crippen LogP contribution in [0.3, 0.4) is 0 Å². The van der Waals surface area contributed by atoms with Crippen LogP contribution >= 0.6 is 27.7 Å². The quantitative estimate of drug-likeness (QED) is 0.383. The number of hydrogen-bond donors (Lipinski definition) is 2. The van der Waals surface area contributed by atoms with Crippen molar-refractivity contribution < 1.29 is 37.7 Å². The van der Waals surface area contributed by atoms with Gasteiger partial charge in [0, 0.05) is 35.1 Å². The number of carbonyl (C=O) groups excluding carboxylic acids is 1. The average molecular weight is 629 g/mol. The van der Waals surface area contributed by atoms with E-state index < -0.39 is 53.8 Å². The first-order chi connectivity index (χ1) is 18.7. The van der Waals surface area contributed by atoms with Crippen LogP contribution in [-0.2, 0) is 9.47 Å². The third kappa shape index (κ3) is 5.45. The highest BCUT2D eigenvalue weighted by Crippen LogP contribution is 2.41. The molecule has 2 saturated heterocycles. The maximum absolute atomic E-state index is 13.8. The second kappa shape index (κ2) is 11.6. The molecule has 0 bridgehead atoms. The minimum atomic E-state index is -1.60. The summed E-state index contributed by atoms with van der Waals surface area (Å²) in [5.74, 6) is -4.48. The number of carbonyl (C=O) groups is 1. The largest absolute Gasteiger partial charge is 0.394 e. The first kappa shape index (κ1) is 28.1. The number of benzene rings is 2. The Balaban J connectivity index is 1.47. The molecule has 2 fully saturated rings. The number of aromatic nitrogens is 3. The van der Waals surface area contributed by atoms with Crippen molar-refractivity contribution in [2.45, 2.75) is 41.1 Å². The number of hydrogen-bond acceptors (Lipinski definition) is 8. The van der Waals surface area contributed by atoms with Crippen molar-refractivity contribution >= 4 is 33.6 Å². The highest BCUT2D eigenvalue weighted by atomic mass is 79.9. The highest BCUT2D eigenvalue weighted by Gasteiger charge is 2.48. The van der Waals surface area contributed by atoms with Gasteiger partial charge in [-0.1, -0.05) is 32.9 Å². The third-order valence-electron chi connectivity index (χ3n) is 6.75. The number of thioether (sulfide) groups is 1. The van der Waals surface area contributed by atoms with Gasteiger partial charge in [0.05, 0.1) is 18.4 Å². The number of aliphatic hydroxyl groups excluding tert-OH is 2. The van der Waals surface area contributed by atoms with Crippen LogP contribution < -0.4 is 0 Å². The molecule has 9 nitrogen and oxygen atoms in total. The number of amides is 1. The smallest absolute Gasteiger partial charge is 0.254 e. The fraction of sp³-hybridized carbons (Fsp3) is 0.400. The van der Waals surface area contributed by atoms with Gasteiger partial charge in [0.1, 0.15) is 35.5 Å². The van der Waals surface area contributed by atoms with Gasteiger partial charge in [-0.2, -0.15) is 0 Å². The van der Waals surface area contributed by atoms with Crippen LogP contribution in [0.4, 0.5) is 13.2 Å². The molecule has 1 amide bonds. The number of ether oxygens (including phenoxy) is 2. The van der Waals surface area contributed by atoms with E-state index in [-0.39, 0.29) is 17.2 Å². The van der Waals surface area contributed by atoms with Crippen LogP contribution in [0.5, 0.6) is 0 Å². The summed E-state index contributed by atoms with van der Waals surface area (Å²) in [5, 5.41) is 29.0. The Morgan fingerprint density at radius 2 is 1.95 bits per heavy atom. The molecular formula is C25H24BrF3N4O5S. The van der Waals surface area contributed by atoms with Crippen molar-refractivity contribution in [2.24, 2.45) is 0 Å². The Kier molecular flexibility index (Phi) is 8.31. The second-order valence-corrected chi connectivity index (χ2v) is 11.2. The van der Waals surface area contributed by atoms with E-state index in [0.717, 1.165) is 23.0 Å². The predicted molar refractivity (Wildman–Crippen MR) is 137 cm³/mol. The lowest BCUT2D eigenvalue weighted by molar-refractivity contribution is -0.186. The Labute approximate surface area is 234 Å². The first-order valence-corrected chi connectivity index (χ1v) is 13.7. The number of aliphatic hydroxyl groups is 2. The third-order valence-corrected chi connectivity index (χ3v) is 8.45. The summed E-state index contributed by atoms with van der Waals surface area (Å²) in [6, 6.07) is 5.91. The average Bonchev–Trinajstić information content (AvgIpc) is 3.36. The standard InChI is InChI=1S/C25H24BrF3N4O5S/c1-37-23-21(33-10-17(30-31-33)12-7-15(27)20(29)16(28)8-12)22(35)18(11-34)38-25(23)39-19-9-13(26)3-4-14(19)24(36)32-5-2-6-32/h3-4,7-10,18,21-23,25,34-35H,2,5-6,11H2,1H3/t18-,21+,22+,23-,25-/m1/s1. The van der Waals surface area contributed by atoms with E-state index in [1.54, 1.807) is 23.1 Å². The monoisotopic (exact) mass is 628 g/mol. The molecule has 208 valence electrons. The number of methoxy groups -OCH3 is 1. The van der Waals surface area contributed by atoms with Gasteiger partial charge in [0.2, 0.25) is 0 Å². The van der Waals surface area contributed by atoms with Crippen molar-refractivity contribution in [3.05, 3.63) is 64.0 Å². The fourth-order valence-corrected chi connectivity index (χ4v) is 6.40. The predicted octanol–water partition coefficient (Wildman–Crippen LogP) is 3.40. The first-order valence-electron chi connectivity index (χ1n) is 12.0. The van der Waals surface area contributed by atoms with E-state index in [1.165, 1.54) is 29.8 Å². The summed E-state index contributed by atoms with van der Waals surface area (Å²) >= 11 is 4.64. The van der Waals surface area contributed by atoms with Crippen LogP contribution in [-0.4, -0.2) is 86.6 Å².